The highest BCUT2D eigenvalue weighted by Crippen LogP contribution is 2.34. The molecule has 0 saturated heterocycles. The molecule has 0 nitrogen and oxygen atoms in total. The van der Waals surface area contributed by atoms with Gasteiger partial charge in [-0.1, -0.05) is 68.3 Å². The van der Waals surface area contributed by atoms with Crippen LogP contribution in [0.3, 0.4) is 0 Å². The van der Waals surface area contributed by atoms with E-state index in [1.807, 2.05) is 0 Å². The molecule has 0 unspecified atom stereocenters. The Labute approximate surface area is 130 Å². The molecule has 0 aliphatic heterocycles. The molecule has 2 aromatic rings. The van der Waals surface area contributed by atoms with Crippen molar-refractivity contribution in [3.8, 4) is 0 Å². The molecule has 1 aliphatic rings. The van der Waals surface area contributed by atoms with E-state index in [0.717, 1.165) is 15.4 Å². The standard InChI is InChI=1S/C17H12Br2/c18-16-7-3-12(4-8-16)14-1-2-15(11-14)13-5-9-17(19)10-6-13/h1-10H,11H2. The lowest BCUT2D eigenvalue weighted by Crippen LogP contribution is -1.85. The van der Waals surface area contributed by atoms with E-state index in [1.54, 1.807) is 0 Å². The van der Waals surface area contributed by atoms with E-state index in [0.29, 0.717) is 0 Å². The third-order valence-electron chi connectivity index (χ3n) is 3.30. The summed E-state index contributed by atoms with van der Waals surface area (Å²) in [6.07, 6.45) is 5.45. The fourth-order valence-electron chi connectivity index (χ4n) is 2.25. The van der Waals surface area contributed by atoms with E-state index in [4.69, 9.17) is 0 Å². The Balaban J connectivity index is 1.78. The SMILES string of the molecule is Brc1ccc(C2=CC=C(c3ccc(Br)cc3)C2)cc1. The van der Waals surface area contributed by atoms with E-state index >= 15 is 0 Å². The summed E-state index contributed by atoms with van der Waals surface area (Å²) in [4.78, 5) is 0. The lowest BCUT2D eigenvalue weighted by molar-refractivity contribution is 1.41. The van der Waals surface area contributed by atoms with Crippen LogP contribution < -0.4 is 0 Å². The predicted molar refractivity (Wildman–Crippen MR) is 88.9 cm³/mol. The Morgan fingerprint density at radius 1 is 0.579 bits per heavy atom. The van der Waals surface area contributed by atoms with E-state index in [9.17, 15) is 0 Å². The molecule has 0 aromatic heterocycles. The van der Waals surface area contributed by atoms with Crippen molar-refractivity contribution in [1.82, 2.24) is 0 Å². The van der Waals surface area contributed by atoms with Crippen molar-refractivity contribution in [2.75, 3.05) is 0 Å². The van der Waals surface area contributed by atoms with Gasteiger partial charge in [0.05, 0.1) is 0 Å². The van der Waals surface area contributed by atoms with Crippen LogP contribution in [0.4, 0.5) is 0 Å². The van der Waals surface area contributed by atoms with Crippen LogP contribution >= 0.6 is 31.9 Å². The van der Waals surface area contributed by atoms with Crippen LogP contribution in [-0.4, -0.2) is 0 Å². The highest BCUT2D eigenvalue weighted by molar-refractivity contribution is 9.10. The highest BCUT2D eigenvalue weighted by atomic mass is 79.9. The smallest absolute Gasteiger partial charge is 0.0175 e. The van der Waals surface area contributed by atoms with Gasteiger partial charge in [0.2, 0.25) is 0 Å². The molecule has 1 aliphatic carbocycles. The molecule has 0 heterocycles. The van der Waals surface area contributed by atoms with Gasteiger partial charge < -0.3 is 0 Å². The summed E-state index contributed by atoms with van der Waals surface area (Å²) in [5.41, 5.74) is 5.36. The van der Waals surface area contributed by atoms with Crippen molar-refractivity contribution >= 4 is 43.0 Å². The van der Waals surface area contributed by atoms with Crippen molar-refractivity contribution in [1.29, 1.82) is 0 Å². The Morgan fingerprint density at radius 2 is 0.947 bits per heavy atom. The van der Waals surface area contributed by atoms with E-state index < -0.39 is 0 Å². The maximum atomic E-state index is 3.47. The highest BCUT2D eigenvalue weighted by Gasteiger charge is 2.11. The molecule has 0 radical (unpaired) electrons. The minimum Gasteiger partial charge on any atom is -0.0578 e. The van der Waals surface area contributed by atoms with Crippen LogP contribution in [0.2, 0.25) is 0 Å². The van der Waals surface area contributed by atoms with Crippen LogP contribution in [0, 0.1) is 0 Å². The zero-order valence-electron chi connectivity index (χ0n) is 10.2. The van der Waals surface area contributed by atoms with Crippen molar-refractivity contribution < 1.29 is 0 Å². The molecule has 2 heteroatoms. The number of rotatable bonds is 2. The minimum absolute atomic E-state index is 1.00. The van der Waals surface area contributed by atoms with Crippen molar-refractivity contribution in [3.63, 3.8) is 0 Å². The molecule has 3 rings (SSSR count). The average molecular weight is 376 g/mol. The first-order valence-electron chi connectivity index (χ1n) is 6.14. The van der Waals surface area contributed by atoms with Gasteiger partial charge in [-0.15, -0.1) is 0 Å². The first kappa shape index (κ1) is 12.9. The van der Waals surface area contributed by atoms with E-state index in [1.165, 1.54) is 22.3 Å². The van der Waals surface area contributed by atoms with Crippen LogP contribution in [0.1, 0.15) is 17.5 Å². The van der Waals surface area contributed by atoms with Gasteiger partial charge in [0.15, 0.2) is 0 Å². The van der Waals surface area contributed by atoms with Crippen molar-refractivity contribution in [2.45, 2.75) is 6.42 Å². The first-order chi connectivity index (χ1) is 9.22. The molecule has 0 atom stereocenters. The summed E-state index contributed by atoms with van der Waals surface area (Å²) in [5, 5.41) is 0. The number of benzene rings is 2. The van der Waals surface area contributed by atoms with Gasteiger partial charge in [-0.3, -0.25) is 0 Å². The summed E-state index contributed by atoms with van der Waals surface area (Å²) in [6, 6.07) is 17.0. The quantitative estimate of drug-likeness (QED) is 0.596. The Morgan fingerprint density at radius 3 is 1.32 bits per heavy atom. The Kier molecular flexibility index (Phi) is 3.72. The van der Waals surface area contributed by atoms with Crippen molar-refractivity contribution in [2.24, 2.45) is 0 Å². The van der Waals surface area contributed by atoms with Crippen LogP contribution in [0.25, 0.3) is 11.1 Å². The molecule has 2 aromatic carbocycles. The lowest BCUT2D eigenvalue weighted by atomic mass is 9.99. The molecule has 0 spiro atoms. The summed E-state index contributed by atoms with van der Waals surface area (Å²) >= 11 is 6.94. The van der Waals surface area contributed by atoms with Crippen LogP contribution in [0.15, 0.2) is 69.6 Å². The maximum Gasteiger partial charge on any atom is 0.0175 e. The predicted octanol–water partition coefficient (Wildman–Crippen LogP) is 6.08. The number of allylic oxidation sites excluding steroid dienone is 4. The number of hydrogen-bond acceptors (Lipinski definition) is 0. The molecule has 0 N–H and O–H groups in total. The Bertz CT molecular complexity index is 587. The van der Waals surface area contributed by atoms with E-state index in [-0.39, 0.29) is 0 Å². The monoisotopic (exact) mass is 374 g/mol. The molecule has 0 fully saturated rings. The van der Waals surface area contributed by atoms with Gasteiger partial charge in [-0.25, -0.2) is 0 Å². The van der Waals surface area contributed by atoms with Crippen LogP contribution in [0.5, 0.6) is 0 Å². The Hall–Kier alpha value is -1.12. The molecule has 0 bridgehead atoms. The number of hydrogen-bond donors (Lipinski definition) is 0. The second kappa shape index (κ2) is 5.48. The summed E-state index contributed by atoms with van der Waals surface area (Å²) in [6.45, 7) is 0. The maximum absolute atomic E-state index is 3.47. The average Bonchev–Trinajstić information content (AvgIpc) is 2.90. The number of halogens is 2. The lowest BCUT2D eigenvalue weighted by Gasteiger charge is -2.06. The van der Waals surface area contributed by atoms with Gasteiger partial charge in [-0.2, -0.15) is 0 Å². The molecular formula is C17H12Br2. The van der Waals surface area contributed by atoms with Gasteiger partial charge in [-0.05, 0) is 53.0 Å². The van der Waals surface area contributed by atoms with Gasteiger partial charge in [0.25, 0.3) is 0 Å². The van der Waals surface area contributed by atoms with Gasteiger partial charge in [0, 0.05) is 8.95 Å². The zero-order chi connectivity index (χ0) is 13.2. The van der Waals surface area contributed by atoms with Crippen molar-refractivity contribution in [3.05, 3.63) is 80.8 Å². The normalized spacial score (nSPS) is 14.2. The van der Waals surface area contributed by atoms with Gasteiger partial charge in [0.1, 0.15) is 0 Å². The third-order valence-corrected chi connectivity index (χ3v) is 4.35. The fraction of sp³-hybridized carbons (Fsp3) is 0.0588. The molecule has 0 amide bonds. The minimum atomic E-state index is 1.00. The molecule has 94 valence electrons. The molecule has 19 heavy (non-hydrogen) atoms. The third kappa shape index (κ3) is 2.90. The summed E-state index contributed by atoms with van der Waals surface area (Å²) in [7, 11) is 0. The largest absolute Gasteiger partial charge is 0.0578 e. The topological polar surface area (TPSA) is 0 Å². The first-order valence-corrected chi connectivity index (χ1v) is 7.72. The second-order valence-corrected chi connectivity index (χ2v) is 6.41. The molecule has 0 saturated carbocycles. The molecular weight excluding hydrogens is 364 g/mol. The summed E-state index contributed by atoms with van der Waals surface area (Å²) < 4.78 is 2.24. The fourth-order valence-corrected chi connectivity index (χ4v) is 2.78. The van der Waals surface area contributed by atoms with Crippen LogP contribution in [-0.2, 0) is 0 Å². The van der Waals surface area contributed by atoms with Gasteiger partial charge >= 0.3 is 0 Å². The zero-order valence-corrected chi connectivity index (χ0v) is 13.4. The van der Waals surface area contributed by atoms with E-state index in [2.05, 4.69) is 92.5 Å². The second-order valence-electron chi connectivity index (χ2n) is 4.57. The summed E-state index contributed by atoms with van der Waals surface area (Å²) in [5.74, 6) is 0.